The van der Waals surface area contributed by atoms with Crippen molar-refractivity contribution in [2.75, 3.05) is 11.2 Å². The molecule has 0 saturated carbocycles. The molecule has 0 atom stereocenters. The summed E-state index contributed by atoms with van der Waals surface area (Å²) in [4.78, 5) is 31.9. The van der Waals surface area contributed by atoms with Crippen molar-refractivity contribution in [2.24, 2.45) is 5.41 Å². The van der Waals surface area contributed by atoms with Crippen molar-refractivity contribution in [3.63, 3.8) is 0 Å². The first-order valence-electron chi connectivity index (χ1n) is 7.88. The summed E-state index contributed by atoms with van der Waals surface area (Å²) in [5, 5.41) is 7.17. The third kappa shape index (κ3) is 2.96. The quantitative estimate of drug-likeness (QED) is 0.825. The van der Waals surface area contributed by atoms with Gasteiger partial charge in [-0.2, -0.15) is 9.78 Å². The zero-order chi connectivity index (χ0) is 17.5. The third-order valence-electron chi connectivity index (χ3n) is 4.15. The second-order valence-electron chi connectivity index (χ2n) is 6.72. The largest absolute Gasteiger partial charge is 0.310 e. The number of hydrogen-bond acceptors (Lipinski definition) is 4. The molecule has 24 heavy (non-hydrogen) atoms. The van der Waals surface area contributed by atoms with Crippen LogP contribution in [0.3, 0.4) is 0 Å². The summed E-state index contributed by atoms with van der Waals surface area (Å²) < 4.78 is 1.46. The number of fused-ring (bicyclic) bond motifs is 1. The van der Waals surface area contributed by atoms with Crippen LogP contribution in [0.1, 0.15) is 37.2 Å². The molecule has 1 aliphatic rings. The fourth-order valence-corrected chi connectivity index (χ4v) is 2.75. The molecule has 2 aromatic rings. The Morgan fingerprint density at radius 2 is 2.21 bits per heavy atom. The van der Waals surface area contributed by atoms with E-state index in [1.807, 2.05) is 6.92 Å². The highest BCUT2D eigenvalue weighted by Gasteiger charge is 2.28. The highest BCUT2D eigenvalue weighted by Crippen LogP contribution is 2.23. The van der Waals surface area contributed by atoms with Gasteiger partial charge in [-0.05, 0) is 40.0 Å². The minimum Gasteiger partial charge on any atom is -0.310 e. The number of halogens is 1. The minimum atomic E-state index is -0.719. The Bertz CT molecular complexity index is 853. The third-order valence-corrected chi connectivity index (χ3v) is 4.82. The molecule has 2 aromatic heterocycles. The number of rotatable bonds is 4. The molecule has 1 aliphatic carbocycles. The van der Waals surface area contributed by atoms with Gasteiger partial charge < -0.3 is 5.32 Å². The van der Waals surface area contributed by atoms with Gasteiger partial charge in [-0.15, -0.1) is 11.6 Å². The lowest BCUT2D eigenvalue weighted by atomic mass is 9.95. The molecule has 0 saturated heterocycles. The van der Waals surface area contributed by atoms with Crippen molar-refractivity contribution in [1.29, 1.82) is 0 Å². The van der Waals surface area contributed by atoms with Crippen LogP contribution in [0.25, 0.3) is 5.95 Å². The van der Waals surface area contributed by atoms with Crippen molar-refractivity contribution in [1.82, 2.24) is 19.7 Å². The molecular weight excluding hydrogens is 330 g/mol. The number of nitrogens with zero attached hydrogens (tertiary/aromatic N) is 3. The van der Waals surface area contributed by atoms with Crippen LogP contribution in [-0.2, 0) is 17.6 Å². The molecule has 0 bridgehead atoms. The number of amides is 1. The van der Waals surface area contributed by atoms with Crippen molar-refractivity contribution in [3.05, 3.63) is 33.4 Å². The number of carbonyl (C=O) groups excluding carboxylic acids is 1. The maximum atomic E-state index is 12.4. The Labute approximate surface area is 144 Å². The predicted octanol–water partition coefficient (Wildman–Crippen LogP) is 1.96. The van der Waals surface area contributed by atoms with Gasteiger partial charge in [0, 0.05) is 17.5 Å². The lowest BCUT2D eigenvalue weighted by Gasteiger charge is -2.20. The van der Waals surface area contributed by atoms with Gasteiger partial charge in [-0.3, -0.25) is 14.6 Å². The summed E-state index contributed by atoms with van der Waals surface area (Å²) in [5.41, 5.74) is 1.40. The first-order chi connectivity index (χ1) is 11.3. The van der Waals surface area contributed by atoms with Gasteiger partial charge in [0.1, 0.15) is 5.82 Å². The van der Waals surface area contributed by atoms with Crippen LogP contribution >= 0.6 is 11.6 Å². The lowest BCUT2D eigenvalue weighted by molar-refractivity contribution is -0.123. The molecule has 2 heterocycles. The van der Waals surface area contributed by atoms with Gasteiger partial charge in [-0.25, -0.2) is 4.98 Å². The van der Waals surface area contributed by atoms with Gasteiger partial charge >= 0.3 is 0 Å². The molecule has 0 unspecified atom stereocenters. The Kier molecular flexibility index (Phi) is 4.21. The van der Waals surface area contributed by atoms with E-state index in [1.165, 1.54) is 4.68 Å². The first-order valence-corrected chi connectivity index (χ1v) is 8.42. The SMILES string of the molecule is Cc1cc(NC(=O)C(C)(C)CCl)n(-c2nc3c(c(=O)[nH]2)CCC3)n1. The van der Waals surface area contributed by atoms with E-state index in [2.05, 4.69) is 20.4 Å². The summed E-state index contributed by atoms with van der Waals surface area (Å²) in [6, 6.07) is 1.73. The molecule has 0 aliphatic heterocycles. The maximum Gasteiger partial charge on any atom is 0.255 e. The van der Waals surface area contributed by atoms with Gasteiger partial charge in [0.05, 0.1) is 16.8 Å². The summed E-state index contributed by atoms with van der Waals surface area (Å²) in [6.07, 6.45) is 2.47. The molecular formula is C16H20ClN5O2. The second-order valence-corrected chi connectivity index (χ2v) is 6.99. The van der Waals surface area contributed by atoms with Crippen molar-refractivity contribution < 1.29 is 4.79 Å². The number of carbonyl (C=O) groups is 1. The number of aromatic nitrogens is 4. The van der Waals surface area contributed by atoms with Crippen LogP contribution in [0.15, 0.2) is 10.9 Å². The number of H-pyrrole nitrogens is 1. The minimum absolute atomic E-state index is 0.140. The number of alkyl halides is 1. The van der Waals surface area contributed by atoms with Crippen LogP contribution < -0.4 is 10.9 Å². The fraction of sp³-hybridized carbons (Fsp3) is 0.500. The molecule has 128 valence electrons. The summed E-state index contributed by atoms with van der Waals surface area (Å²) in [7, 11) is 0. The molecule has 0 radical (unpaired) electrons. The Balaban J connectivity index is 2.00. The number of nitrogens with one attached hydrogen (secondary N) is 2. The maximum absolute atomic E-state index is 12.4. The van der Waals surface area contributed by atoms with E-state index in [9.17, 15) is 9.59 Å². The van der Waals surface area contributed by atoms with Gasteiger partial charge in [0.15, 0.2) is 0 Å². The van der Waals surface area contributed by atoms with E-state index in [0.717, 1.165) is 30.5 Å². The standard InChI is InChI=1S/C16H20ClN5O2/c1-9-7-12(19-14(24)16(2,3)8-17)22(21-9)15-18-11-6-4-5-10(11)13(23)20-15/h7H,4-6,8H2,1-3H3,(H,19,24)(H,18,20,23). The molecule has 3 rings (SSSR count). The van der Waals surface area contributed by atoms with Crippen LogP contribution in [0.5, 0.6) is 0 Å². The molecule has 1 amide bonds. The van der Waals surface area contributed by atoms with Crippen LogP contribution in [0.2, 0.25) is 0 Å². The monoisotopic (exact) mass is 349 g/mol. The molecule has 0 fully saturated rings. The van der Waals surface area contributed by atoms with Gasteiger partial charge in [-0.1, -0.05) is 0 Å². The van der Waals surface area contributed by atoms with Crippen molar-refractivity contribution >= 4 is 23.3 Å². The van der Waals surface area contributed by atoms with E-state index in [4.69, 9.17) is 11.6 Å². The summed E-state index contributed by atoms with van der Waals surface area (Å²) in [5.74, 6) is 0.742. The Morgan fingerprint density at radius 3 is 2.92 bits per heavy atom. The van der Waals surface area contributed by atoms with E-state index in [-0.39, 0.29) is 17.3 Å². The number of aryl methyl sites for hydroxylation is 2. The van der Waals surface area contributed by atoms with E-state index < -0.39 is 5.41 Å². The summed E-state index contributed by atoms with van der Waals surface area (Å²) in [6.45, 7) is 5.33. The normalized spacial score (nSPS) is 13.8. The van der Waals surface area contributed by atoms with Gasteiger partial charge in [0.2, 0.25) is 11.9 Å². The highest BCUT2D eigenvalue weighted by molar-refractivity contribution is 6.20. The number of anilines is 1. The Hall–Kier alpha value is -2.15. The van der Waals surface area contributed by atoms with Crippen LogP contribution in [0.4, 0.5) is 5.82 Å². The van der Waals surface area contributed by atoms with Crippen molar-refractivity contribution in [2.45, 2.75) is 40.0 Å². The molecule has 7 nitrogen and oxygen atoms in total. The summed E-state index contributed by atoms with van der Waals surface area (Å²) >= 11 is 5.86. The molecule has 0 spiro atoms. The molecule has 2 N–H and O–H groups in total. The van der Waals surface area contributed by atoms with E-state index in [0.29, 0.717) is 17.5 Å². The van der Waals surface area contributed by atoms with E-state index >= 15 is 0 Å². The Morgan fingerprint density at radius 1 is 1.46 bits per heavy atom. The number of hydrogen-bond donors (Lipinski definition) is 2. The topological polar surface area (TPSA) is 92.7 Å². The van der Waals surface area contributed by atoms with Gasteiger partial charge in [0.25, 0.3) is 5.56 Å². The first kappa shape index (κ1) is 16.7. The highest BCUT2D eigenvalue weighted by atomic mass is 35.5. The number of aromatic amines is 1. The zero-order valence-electron chi connectivity index (χ0n) is 13.9. The lowest BCUT2D eigenvalue weighted by Crippen LogP contribution is -2.33. The average molecular weight is 350 g/mol. The van der Waals surface area contributed by atoms with Crippen molar-refractivity contribution in [3.8, 4) is 5.95 Å². The molecule has 8 heteroatoms. The zero-order valence-corrected chi connectivity index (χ0v) is 14.7. The molecule has 0 aromatic carbocycles. The smallest absolute Gasteiger partial charge is 0.255 e. The van der Waals surface area contributed by atoms with Crippen LogP contribution in [0, 0.1) is 12.3 Å². The van der Waals surface area contributed by atoms with E-state index in [1.54, 1.807) is 19.9 Å². The predicted molar refractivity (Wildman–Crippen MR) is 91.9 cm³/mol. The van der Waals surface area contributed by atoms with Crippen LogP contribution in [-0.4, -0.2) is 31.5 Å². The fourth-order valence-electron chi connectivity index (χ4n) is 2.62. The average Bonchev–Trinajstić information content (AvgIpc) is 3.13. The second kappa shape index (κ2) is 6.05.